The molecule has 3 fully saturated rings. The molecule has 0 unspecified atom stereocenters. The lowest BCUT2D eigenvalue weighted by Gasteiger charge is -2.37. The number of carbonyl (C=O) groups is 1. The zero-order chi connectivity index (χ0) is 18.8. The quantitative estimate of drug-likeness (QED) is 0.562. The van der Waals surface area contributed by atoms with E-state index in [1.54, 1.807) is 0 Å². The minimum Gasteiger partial charge on any atom is -0.414 e. The number of nitrogens with one attached hydrogen (secondary N) is 2. The van der Waals surface area contributed by atoms with E-state index >= 15 is 0 Å². The van der Waals surface area contributed by atoms with Crippen molar-refractivity contribution in [2.75, 3.05) is 6.61 Å². The highest BCUT2D eigenvalue weighted by atomic mass is 32.1. The first kappa shape index (κ1) is 19.2. The fourth-order valence-electron chi connectivity index (χ4n) is 3.12. The highest BCUT2D eigenvalue weighted by Gasteiger charge is 2.68. The molecule has 0 aromatic heterocycles. The van der Waals surface area contributed by atoms with Crippen LogP contribution < -0.4 is 10.6 Å². The van der Waals surface area contributed by atoms with Gasteiger partial charge >= 0.3 is 0 Å². The third kappa shape index (κ3) is 3.15. The first-order valence-corrected chi connectivity index (χ1v) is 11.9. The summed E-state index contributed by atoms with van der Waals surface area (Å²) in [5.74, 6) is -1.14. The molecule has 0 radical (unpaired) electrons. The van der Waals surface area contributed by atoms with Gasteiger partial charge in [0.2, 0.25) is 0 Å². The maximum atomic E-state index is 12.5. The van der Waals surface area contributed by atoms with E-state index in [4.69, 9.17) is 30.9 Å². The minimum absolute atomic E-state index is 0.0829. The largest absolute Gasteiger partial charge is 0.414 e. The summed E-state index contributed by atoms with van der Waals surface area (Å²) in [7, 11) is -1.96. The molecule has 3 rings (SSSR count). The van der Waals surface area contributed by atoms with E-state index < -0.39 is 38.1 Å². The summed E-state index contributed by atoms with van der Waals surface area (Å²) in [4.78, 5) is 12.5. The van der Waals surface area contributed by atoms with Crippen LogP contribution in [0.5, 0.6) is 0 Å². The van der Waals surface area contributed by atoms with Gasteiger partial charge in [0.15, 0.2) is 19.2 Å². The van der Waals surface area contributed by atoms with Crippen molar-refractivity contribution >= 4 is 31.6 Å². The summed E-state index contributed by atoms with van der Waals surface area (Å²) < 4.78 is 24.4. The third-order valence-electron chi connectivity index (χ3n) is 5.51. The Bertz CT molecular complexity index is 606. The highest BCUT2D eigenvalue weighted by Crippen LogP contribution is 2.45. The van der Waals surface area contributed by atoms with Crippen LogP contribution in [0.1, 0.15) is 34.6 Å². The minimum atomic E-state index is -1.96. The van der Waals surface area contributed by atoms with Gasteiger partial charge in [-0.05, 0) is 44.2 Å². The number of hydrogen-bond donors (Lipinski definition) is 2. The van der Waals surface area contributed by atoms with Gasteiger partial charge in [-0.1, -0.05) is 20.8 Å². The molecule has 4 atom stereocenters. The van der Waals surface area contributed by atoms with Gasteiger partial charge in [0.1, 0.15) is 18.3 Å². The van der Waals surface area contributed by atoms with E-state index in [1.807, 2.05) is 13.8 Å². The molecule has 1 amide bonds. The zero-order valence-electron chi connectivity index (χ0n) is 15.9. The maximum absolute atomic E-state index is 12.5. The van der Waals surface area contributed by atoms with Crippen molar-refractivity contribution in [3.63, 3.8) is 0 Å². The third-order valence-corrected chi connectivity index (χ3v) is 10.2. The van der Waals surface area contributed by atoms with Crippen LogP contribution in [0.25, 0.3) is 0 Å². The van der Waals surface area contributed by atoms with Crippen LogP contribution in [0.3, 0.4) is 0 Å². The molecule has 0 aliphatic carbocycles. The molecule has 25 heavy (non-hydrogen) atoms. The Morgan fingerprint density at radius 2 is 1.88 bits per heavy atom. The molecule has 3 heterocycles. The van der Waals surface area contributed by atoms with Gasteiger partial charge < -0.3 is 24.0 Å². The molecule has 1 spiro atoms. The Morgan fingerprint density at radius 3 is 2.40 bits per heavy atom. The second kappa shape index (κ2) is 5.70. The van der Waals surface area contributed by atoms with Gasteiger partial charge in [-0.25, -0.2) is 0 Å². The molecule has 9 heteroatoms. The standard InChI is InChI=1S/C16H28N2O5SSi/c1-14(2,3)25(6,7)20-8-9-10-11(23-15(4,5)22-10)16(21-9)12(19)17-13(24)18-16/h9-11H,8H2,1-7H3,(H2,17,18,19,24)/t9-,10-,11-,16-/m1/s1. The lowest BCUT2D eigenvalue weighted by molar-refractivity contribution is -0.212. The monoisotopic (exact) mass is 388 g/mol. The maximum Gasteiger partial charge on any atom is 0.282 e. The predicted octanol–water partition coefficient (Wildman–Crippen LogP) is 1.63. The van der Waals surface area contributed by atoms with Crippen molar-refractivity contribution in [3.8, 4) is 0 Å². The summed E-state index contributed by atoms with van der Waals surface area (Å²) in [5.41, 5.74) is -1.35. The van der Waals surface area contributed by atoms with Crippen LogP contribution in [0.15, 0.2) is 0 Å². The molecule has 0 aromatic carbocycles. The van der Waals surface area contributed by atoms with E-state index in [-0.39, 0.29) is 16.1 Å². The molecule has 142 valence electrons. The number of hydrogen-bond acceptors (Lipinski definition) is 6. The number of rotatable bonds is 3. The Hall–Kier alpha value is -0.583. The lowest BCUT2D eigenvalue weighted by atomic mass is 10.0. The molecule has 3 aliphatic heterocycles. The second-order valence-corrected chi connectivity index (χ2v) is 14.1. The van der Waals surface area contributed by atoms with Crippen molar-refractivity contribution in [3.05, 3.63) is 0 Å². The molecule has 7 nitrogen and oxygen atoms in total. The van der Waals surface area contributed by atoms with E-state index in [2.05, 4.69) is 44.5 Å². The van der Waals surface area contributed by atoms with Crippen molar-refractivity contribution in [2.24, 2.45) is 0 Å². The molecular weight excluding hydrogens is 360 g/mol. The van der Waals surface area contributed by atoms with Crippen LogP contribution in [-0.4, -0.2) is 55.8 Å². The van der Waals surface area contributed by atoms with E-state index in [0.29, 0.717) is 6.61 Å². The molecule has 3 aliphatic rings. The molecule has 0 saturated carbocycles. The first-order valence-electron chi connectivity index (χ1n) is 8.58. The Balaban J connectivity index is 1.82. The molecular formula is C16H28N2O5SSi. The molecule has 2 N–H and O–H groups in total. The van der Waals surface area contributed by atoms with Gasteiger partial charge in [-0.3, -0.25) is 10.1 Å². The van der Waals surface area contributed by atoms with Crippen molar-refractivity contribution in [2.45, 2.75) is 82.6 Å². The Labute approximate surface area is 155 Å². The summed E-state index contributed by atoms with van der Waals surface area (Å²) >= 11 is 5.09. The fraction of sp³-hybridized carbons (Fsp3) is 0.875. The average Bonchev–Trinajstić information content (AvgIpc) is 2.99. The number of amides is 1. The summed E-state index contributed by atoms with van der Waals surface area (Å²) in [6.45, 7) is 14.9. The van der Waals surface area contributed by atoms with E-state index in [0.717, 1.165) is 0 Å². The topological polar surface area (TPSA) is 78.1 Å². The Morgan fingerprint density at radius 1 is 1.24 bits per heavy atom. The summed E-state index contributed by atoms with van der Waals surface area (Å²) in [5, 5.41) is 5.86. The number of fused-ring (bicyclic) bond motifs is 2. The van der Waals surface area contributed by atoms with Crippen molar-refractivity contribution in [1.29, 1.82) is 0 Å². The molecule has 0 aromatic rings. The number of thiocarbonyl (C=S) groups is 1. The number of ether oxygens (including phenoxy) is 3. The van der Waals surface area contributed by atoms with E-state index in [9.17, 15) is 4.79 Å². The smallest absolute Gasteiger partial charge is 0.282 e. The van der Waals surface area contributed by atoms with Gasteiger partial charge in [-0.2, -0.15) is 0 Å². The van der Waals surface area contributed by atoms with E-state index in [1.165, 1.54) is 0 Å². The zero-order valence-corrected chi connectivity index (χ0v) is 17.7. The fourth-order valence-corrected chi connectivity index (χ4v) is 4.38. The first-order chi connectivity index (χ1) is 11.3. The average molecular weight is 389 g/mol. The lowest BCUT2D eigenvalue weighted by Crippen LogP contribution is -2.56. The highest BCUT2D eigenvalue weighted by molar-refractivity contribution is 7.80. The predicted molar refractivity (Wildman–Crippen MR) is 98.5 cm³/mol. The van der Waals surface area contributed by atoms with Gasteiger partial charge in [-0.15, -0.1) is 0 Å². The van der Waals surface area contributed by atoms with Gasteiger partial charge in [0, 0.05) is 0 Å². The molecule has 0 bridgehead atoms. The van der Waals surface area contributed by atoms with Crippen LogP contribution in [0, 0.1) is 0 Å². The van der Waals surface area contributed by atoms with Crippen LogP contribution in [0.2, 0.25) is 18.1 Å². The van der Waals surface area contributed by atoms with Gasteiger partial charge in [0.05, 0.1) is 6.61 Å². The Kier molecular flexibility index (Phi) is 4.38. The summed E-state index contributed by atoms with van der Waals surface area (Å²) in [6.07, 6.45) is -1.41. The SMILES string of the molecule is CC1(C)O[C@H]2[C@@H](O1)[C@@]1(NC(=S)NC1=O)O[C@@H]2CO[Si](C)(C)C(C)(C)C. The van der Waals surface area contributed by atoms with Crippen LogP contribution in [0.4, 0.5) is 0 Å². The van der Waals surface area contributed by atoms with Crippen LogP contribution >= 0.6 is 12.2 Å². The van der Waals surface area contributed by atoms with Crippen molar-refractivity contribution < 1.29 is 23.4 Å². The molecule has 3 saturated heterocycles. The second-order valence-electron chi connectivity index (χ2n) is 8.89. The van der Waals surface area contributed by atoms with Crippen LogP contribution in [-0.2, 0) is 23.4 Å². The van der Waals surface area contributed by atoms with Crippen molar-refractivity contribution in [1.82, 2.24) is 10.6 Å². The normalized spacial score (nSPS) is 37.3. The van der Waals surface area contributed by atoms with Gasteiger partial charge in [0.25, 0.3) is 11.6 Å². The summed E-state index contributed by atoms with van der Waals surface area (Å²) in [6, 6.07) is 0. The number of carbonyl (C=O) groups excluding carboxylic acids is 1.